The predicted octanol–water partition coefficient (Wildman–Crippen LogP) is 3.92. The molecule has 1 aromatic heterocycles. The largest absolute Gasteiger partial charge is 0.453 e. The highest BCUT2D eigenvalue weighted by Gasteiger charge is 2.18. The van der Waals surface area contributed by atoms with Crippen LogP contribution in [0.3, 0.4) is 0 Å². The molecule has 21 heavy (non-hydrogen) atoms. The second-order valence-electron chi connectivity index (χ2n) is 5.21. The van der Waals surface area contributed by atoms with Gasteiger partial charge in [-0.05, 0) is 41.5 Å². The number of nitrogens with one attached hydrogen (secondary N) is 1. The van der Waals surface area contributed by atoms with Crippen molar-refractivity contribution in [2.24, 2.45) is 0 Å². The molecule has 0 amide bonds. The predicted molar refractivity (Wildman–Crippen MR) is 81.6 cm³/mol. The molecule has 0 aliphatic carbocycles. The summed E-state index contributed by atoms with van der Waals surface area (Å²) in [5.41, 5.74) is 3.76. The van der Waals surface area contributed by atoms with Gasteiger partial charge in [0.1, 0.15) is 5.58 Å². The molecular weight excluding hydrogens is 286 g/mol. The monoisotopic (exact) mass is 297 g/mol. The number of benzene rings is 2. The van der Waals surface area contributed by atoms with Crippen LogP contribution in [0.15, 0.2) is 46.9 Å². The van der Waals surface area contributed by atoms with E-state index < -0.39 is 0 Å². The van der Waals surface area contributed by atoms with Crippen LogP contribution < -0.4 is 5.32 Å². The van der Waals surface area contributed by atoms with Crippen molar-refractivity contribution in [2.45, 2.75) is 13.1 Å². The van der Waals surface area contributed by atoms with Gasteiger partial charge in [-0.2, -0.15) is 0 Å². The lowest BCUT2D eigenvalue weighted by Crippen LogP contribution is -2.01. The highest BCUT2D eigenvalue weighted by Crippen LogP contribution is 2.25. The maximum absolute atomic E-state index is 12.6. The number of furan rings is 1. The molecule has 3 aromatic rings. The van der Waals surface area contributed by atoms with Crippen LogP contribution in [0, 0.1) is 0 Å². The van der Waals surface area contributed by atoms with E-state index in [1.807, 2.05) is 18.2 Å². The van der Waals surface area contributed by atoms with Crippen molar-refractivity contribution in [1.82, 2.24) is 5.32 Å². The molecule has 0 radical (unpaired) electrons. The van der Waals surface area contributed by atoms with Gasteiger partial charge in [0.25, 0.3) is 0 Å². The Hall–Kier alpha value is -2.10. The van der Waals surface area contributed by atoms with E-state index >= 15 is 0 Å². The van der Waals surface area contributed by atoms with Crippen LogP contribution in [0.25, 0.3) is 11.0 Å². The van der Waals surface area contributed by atoms with E-state index in [1.165, 1.54) is 11.1 Å². The molecule has 3 nitrogen and oxygen atoms in total. The number of hydrogen-bond donors (Lipinski definition) is 1. The number of carbonyl (C=O) groups is 1. The molecule has 0 atom stereocenters. The maximum atomic E-state index is 12.6. The zero-order valence-corrected chi connectivity index (χ0v) is 11.9. The third-order valence-corrected chi connectivity index (χ3v) is 4.04. The molecule has 4 heteroatoms. The second-order valence-corrected chi connectivity index (χ2v) is 5.65. The van der Waals surface area contributed by atoms with Gasteiger partial charge in [0.15, 0.2) is 5.76 Å². The zero-order valence-electron chi connectivity index (χ0n) is 11.2. The van der Waals surface area contributed by atoms with Gasteiger partial charge in [-0.25, -0.2) is 0 Å². The molecule has 1 aliphatic rings. The van der Waals surface area contributed by atoms with Crippen LogP contribution in [-0.2, 0) is 13.1 Å². The SMILES string of the molecule is O=C(c1ccc2c(c1)CNC2)c1cc2cc(Cl)ccc2o1. The standard InChI is InChI=1S/C17H12ClNO2/c18-14-3-4-15-12(6-14)7-16(21-15)17(20)10-1-2-11-8-19-9-13(11)5-10/h1-7,19H,8-9H2. The zero-order chi connectivity index (χ0) is 14.4. The second kappa shape index (κ2) is 4.72. The molecule has 0 unspecified atom stereocenters. The molecule has 0 bridgehead atoms. The van der Waals surface area contributed by atoms with Crippen molar-refractivity contribution in [3.63, 3.8) is 0 Å². The number of carbonyl (C=O) groups excluding carboxylic acids is 1. The summed E-state index contributed by atoms with van der Waals surface area (Å²) in [5.74, 6) is 0.246. The smallest absolute Gasteiger partial charge is 0.228 e. The van der Waals surface area contributed by atoms with E-state index in [-0.39, 0.29) is 5.78 Å². The van der Waals surface area contributed by atoms with Crippen LogP contribution in [-0.4, -0.2) is 5.78 Å². The van der Waals surface area contributed by atoms with E-state index in [1.54, 1.807) is 24.3 Å². The van der Waals surface area contributed by atoms with Gasteiger partial charge in [-0.15, -0.1) is 0 Å². The summed E-state index contributed by atoms with van der Waals surface area (Å²) in [6.45, 7) is 1.68. The Kier molecular flexibility index (Phi) is 2.84. The highest BCUT2D eigenvalue weighted by atomic mass is 35.5. The van der Waals surface area contributed by atoms with Gasteiger partial charge >= 0.3 is 0 Å². The summed E-state index contributed by atoms with van der Waals surface area (Å²) in [6.07, 6.45) is 0. The number of rotatable bonds is 2. The first kappa shape index (κ1) is 12.6. The van der Waals surface area contributed by atoms with E-state index in [0.717, 1.165) is 18.5 Å². The summed E-state index contributed by atoms with van der Waals surface area (Å²) in [6, 6.07) is 12.9. The first-order valence-corrected chi connectivity index (χ1v) is 7.15. The summed E-state index contributed by atoms with van der Waals surface area (Å²) >= 11 is 5.95. The van der Waals surface area contributed by atoms with Gasteiger partial charge in [0.2, 0.25) is 5.78 Å². The Morgan fingerprint density at radius 3 is 2.81 bits per heavy atom. The van der Waals surface area contributed by atoms with Gasteiger partial charge in [-0.3, -0.25) is 4.79 Å². The number of halogens is 1. The average molecular weight is 298 g/mol. The fourth-order valence-corrected chi connectivity index (χ4v) is 2.88. The fraction of sp³-hybridized carbons (Fsp3) is 0.118. The van der Waals surface area contributed by atoms with Crippen LogP contribution in [0.1, 0.15) is 27.2 Å². The molecule has 4 rings (SSSR count). The fourth-order valence-electron chi connectivity index (χ4n) is 2.70. The molecule has 0 spiro atoms. The Balaban J connectivity index is 1.75. The van der Waals surface area contributed by atoms with Crippen molar-refractivity contribution >= 4 is 28.4 Å². The quantitative estimate of drug-likeness (QED) is 0.729. The van der Waals surface area contributed by atoms with E-state index in [2.05, 4.69) is 5.32 Å². The Morgan fingerprint density at radius 1 is 1.05 bits per heavy atom. The minimum Gasteiger partial charge on any atom is -0.453 e. The lowest BCUT2D eigenvalue weighted by atomic mass is 10.0. The average Bonchev–Trinajstić information content (AvgIpc) is 3.11. The molecular formula is C17H12ClNO2. The minimum absolute atomic E-state index is 0.1000. The van der Waals surface area contributed by atoms with Crippen LogP contribution >= 0.6 is 11.6 Å². The molecule has 0 saturated carbocycles. The molecule has 1 N–H and O–H groups in total. The Labute approximate surface area is 126 Å². The van der Waals surface area contributed by atoms with Crippen molar-refractivity contribution in [3.8, 4) is 0 Å². The van der Waals surface area contributed by atoms with Gasteiger partial charge in [0.05, 0.1) is 0 Å². The van der Waals surface area contributed by atoms with E-state index in [0.29, 0.717) is 21.9 Å². The van der Waals surface area contributed by atoms with Crippen LogP contribution in [0.5, 0.6) is 0 Å². The van der Waals surface area contributed by atoms with Gasteiger partial charge < -0.3 is 9.73 Å². The molecule has 2 heterocycles. The number of fused-ring (bicyclic) bond motifs is 2. The molecule has 2 aromatic carbocycles. The minimum atomic E-state index is -0.1000. The summed E-state index contributed by atoms with van der Waals surface area (Å²) < 4.78 is 5.63. The Morgan fingerprint density at radius 2 is 1.90 bits per heavy atom. The van der Waals surface area contributed by atoms with Crippen molar-refractivity contribution in [3.05, 3.63) is 69.9 Å². The Bertz CT molecular complexity index is 866. The summed E-state index contributed by atoms with van der Waals surface area (Å²) in [7, 11) is 0. The lowest BCUT2D eigenvalue weighted by molar-refractivity contribution is 0.101. The van der Waals surface area contributed by atoms with Crippen molar-refractivity contribution in [2.75, 3.05) is 0 Å². The highest BCUT2D eigenvalue weighted by molar-refractivity contribution is 6.31. The van der Waals surface area contributed by atoms with E-state index in [9.17, 15) is 4.79 Å². The van der Waals surface area contributed by atoms with Crippen LogP contribution in [0.2, 0.25) is 5.02 Å². The van der Waals surface area contributed by atoms with Crippen LogP contribution in [0.4, 0.5) is 0 Å². The molecule has 0 saturated heterocycles. The molecule has 0 fully saturated rings. The van der Waals surface area contributed by atoms with Gasteiger partial charge in [-0.1, -0.05) is 23.7 Å². The number of hydrogen-bond acceptors (Lipinski definition) is 3. The topological polar surface area (TPSA) is 42.2 Å². The summed E-state index contributed by atoms with van der Waals surface area (Å²) in [4.78, 5) is 12.6. The van der Waals surface area contributed by atoms with Gasteiger partial charge in [0, 0.05) is 29.1 Å². The maximum Gasteiger partial charge on any atom is 0.228 e. The van der Waals surface area contributed by atoms with Crippen molar-refractivity contribution < 1.29 is 9.21 Å². The summed E-state index contributed by atoms with van der Waals surface area (Å²) in [5, 5.41) is 4.74. The molecule has 1 aliphatic heterocycles. The third kappa shape index (κ3) is 2.15. The normalized spacial score (nSPS) is 13.6. The van der Waals surface area contributed by atoms with Crippen molar-refractivity contribution in [1.29, 1.82) is 0 Å². The number of ketones is 1. The molecule has 104 valence electrons. The lowest BCUT2D eigenvalue weighted by Gasteiger charge is -2.01. The third-order valence-electron chi connectivity index (χ3n) is 3.80. The van der Waals surface area contributed by atoms with E-state index in [4.69, 9.17) is 16.0 Å². The first-order valence-electron chi connectivity index (χ1n) is 6.77. The first-order chi connectivity index (χ1) is 10.2.